The molecule has 1 amide bonds. The van der Waals surface area contributed by atoms with Gasteiger partial charge < -0.3 is 0 Å². The Morgan fingerprint density at radius 3 is 2.58 bits per heavy atom. The Morgan fingerprint density at radius 2 is 2.05 bits per heavy atom. The van der Waals surface area contributed by atoms with E-state index in [4.69, 9.17) is 5.84 Å². The summed E-state index contributed by atoms with van der Waals surface area (Å²) in [4.78, 5) is 13.9. The first kappa shape index (κ1) is 14.0. The molecule has 1 aliphatic carbocycles. The van der Waals surface area contributed by atoms with Gasteiger partial charge in [0.15, 0.2) is 0 Å². The largest absolute Gasteiger partial charge is 0.299 e. The third-order valence-electron chi connectivity index (χ3n) is 3.51. The van der Waals surface area contributed by atoms with Crippen LogP contribution in [0.1, 0.15) is 42.1 Å². The van der Waals surface area contributed by atoms with E-state index in [1.54, 1.807) is 0 Å². The molecule has 0 bridgehead atoms. The molecule has 4 nitrogen and oxygen atoms in total. The Hall–Kier alpha value is -1.39. The second kappa shape index (κ2) is 6.68. The lowest BCUT2D eigenvalue weighted by Crippen LogP contribution is -2.30. The summed E-state index contributed by atoms with van der Waals surface area (Å²) in [5, 5.41) is 0. The van der Waals surface area contributed by atoms with Crippen LogP contribution in [0.15, 0.2) is 24.3 Å². The van der Waals surface area contributed by atoms with Crippen molar-refractivity contribution in [3.05, 3.63) is 35.4 Å². The zero-order chi connectivity index (χ0) is 13.7. The van der Waals surface area contributed by atoms with Crippen molar-refractivity contribution in [1.29, 1.82) is 0 Å². The highest BCUT2D eigenvalue weighted by molar-refractivity contribution is 5.93. The summed E-state index contributed by atoms with van der Waals surface area (Å²) in [6, 6.07) is 7.69. The molecule has 0 unspecified atom stereocenters. The first-order valence-electron chi connectivity index (χ1n) is 7.05. The predicted molar refractivity (Wildman–Crippen MR) is 76.4 cm³/mol. The average Bonchev–Trinajstić information content (AvgIpc) is 3.23. The van der Waals surface area contributed by atoms with Crippen LogP contribution in [0.2, 0.25) is 0 Å². The van der Waals surface area contributed by atoms with E-state index < -0.39 is 0 Å². The Balaban J connectivity index is 1.93. The van der Waals surface area contributed by atoms with Crippen LogP contribution >= 0.6 is 0 Å². The Morgan fingerprint density at radius 1 is 1.37 bits per heavy atom. The highest BCUT2D eigenvalue weighted by Crippen LogP contribution is 2.30. The second-order valence-electron chi connectivity index (χ2n) is 5.35. The van der Waals surface area contributed by atoms with Gasteiger partial charge in [0.25, 0.3) is 5.91 Å². The minimum absolute atomic E-state index is 0.241. The first-order chi connectivity index (χ1) is 9.22. The molecule has 1 aromatic rings. The van der Waals surface area contributed by atoms with Crippen LogP contribution in [0.4, 0.5) is 0 Å². The fourth-order valence-electron chi connectivity index (χ4n) is 2.32. The standard InChI is InChI=1S/C15H23N3O/c1-2-9-18(10-12-3-4-12)11-13-5-7-14(8-6-13)15(19)17-16/h5-8,12H,2-4,9-11,16H2,1H3,(H,17,19). The second-order valence-corrected chi connectivity index (χ2v) is 5.35. The molecule has 0 spiro atoms. The van der Waals surface area contributed by atoms with E-state index >= 15 is 0 Å². The summed E-state index contributed by atoms with van der Waals surface area (Å²) in [6.07, 6.45) is 3.95. The van der Waals surface area contributed by atoms with E-state index in [9.17, 15) is 4.79 Å². The number of rotatable bonds is 7. The molecule has 19 heavy (non-hydrogen) atoms. The molecular formula is C15H23N3O. The van der Waals surface area contributed by atoms with E-state index in [1.807, 2.05) is 24.3 Å². The fourth-order valence-corrected chi connectivity index (χ4v) is 2.32. The van der Waals surface area contributed by atoms with Gasteiger partial charge in [-0.15, -0.1) is 0 Å². The average molecular weight is 261 g/mol. The summed E-state index contributed by atoms with van der Waals surface area (Å²) < 4.78 is 0. The molecular weight excluding hydrogens is 238 g/mol. The molecule has 0 atom stereocenters. The third kappa shape index (κ3) is 4.33. The molecule has 0 radical (unpaired) electrons. The van der Waals surface area contributed by atoms with Crippen molar-refractivity contribution in [3.63, 3.8) is 0 Å². The van der Waals surface area contributed by atoms with Gasteiger partial charge >= 0.3 is 0 Å². The van der Waals surface area contributed by atoms with Gasteiger partial charge in [0, 0.05) is 18.7 Å². The van der Waals surface area contributed by atoms with E-state index in [2.05, 4.69) is 17.2 Å². The van der Waals surface area contributed by atoms with Gasteiger partial charge in [-0.05, 0) is 49.4 Å². The molecule has 2 rings (SSSR count). The number of hydrogen-bond donors (Lipinski definition) is 2. The summed E-state index contributed by atoms with van der Waals surface area (Å²) in [7, 11) is 0. The zero-order valence-electron chi connectivity index (χ0n) is 11.6. The molecule has 3 N–H and O–H groups in total. The quantitative estimate of drug-likeness (QED) is 0.448. The first-order valence-corrected chi connectivity index (χ1v) is 7.05. The maximum absolute atomic E-state index is 11.4. The fraction of sp³-hybridized carbons (Fsp3) is 0.533. The van der Waals surface area contributed by atoms with Crippen LogP contribution in [0, 0.1) is 5.92 Å². The minimum Gasteiger partial charge on any atom is -0.299 e. The monoisotopic (exact) mass is 261 g/mol. The van der Waals surface area contributed by atoms with Gasteiger partial charge in [0.1, 0.15) is 0 Å². The zero-order valence-corrected chi connectivity index (χ0v) is 11.6. The van der Waals surface area contributed by atoms with Crippen molar-refractivity contribution < 1.29 is 4.79 Å². The normalized spacial score (nSPS) is 14.7. The number of carbonyl (C=O) groups excluding carboxylic acids is 1. The summed E-state index contributed by atoms with van der Waals surface area (Å²) in [6.45, 7) is 5.53. The number of amides is 1. The molecule has 0 aliphatic heterocycles. The van der Waals surface area contributed by atoms with Gasteiger partial charge in [0.2, 0.25) is 0 Å². The van der Waals surface area contributed by atoms with Crippen molar-refractivity contribution in [3.8, 4) is 0 Å². The van der Waals surface area contributed by atoms with Crippen LogP contribution in [0.25, 0.3) is 0 Å². The maximum Gasteiger partial charge on any atom is 0.265 e. The summed E-state index contributed by atoms with van der Waals surface area (Å²) in [5.74, 6) is 5.79. The lowest BCUT2D eigenvalue weighted by Gasteiger charge is -2.21. The van der Waals surface area contributed by atoms with Crippen LogP contribution < -0.4 is 11.3 Å². The molecule has 4 heteroatoms. The van der Waals surface area contributed by atoms with Gasteiger partial charge in [-0.3, -0.25) is 15.1 Å². The molecule has 0 aromatic heterocycles. The number of nitrogens with one attached hydrogen (secondary N) is 1. The van der Waals surface area contributed by atoms with Crippen molar-refractivity contribution in [2.75, 3.05) is 13.1 Å². The van der Waals surface area contributed by atoms with Crippen LogP contribution in [-0.2, 0) is 6.54 Å². The highest BCUT2D eigenvalue weighted by atomic mass is 16.2. The molecule has 0 heterocycles. The molecule has 1 aliphatic rings. The van der Waals surface area contributed by atoms with Gasteiger partial charge in [-0.2, -0.15) is 0 Å². The van der Waals surface area contributed by atoms with Gasteiger partial charge in [-0.1, -0.05) is 19.1 Å². The molecule has 1 fully saturated rings. The minimum atomic E-state index is -0.241. The SMILES string of the molecule is CCCN(Cc1ccc(C(=O)NN)cc1)CC1CC1. The van der Waals surface area contributed by atoms with Crippen LogP contribution in [-0.4, -0.2) is 23.9 Å². The summed E-state index contributed by atoms with van der Waals surface area (Å²) >= 11 is 0. The van der Waals surface area contributed by atoms with E-state index in [0.717, 1.165) is 19.0 Å². The molecule has 0 saturated heterocycles. The number of hydrogen-bond acceptors (Lipinski definition) is 3. The number of hydrazine groups is 1. The van der Waals surface area contributed by atoms with E-state index in [0.29, 0.717) is 5.56 Å². The number of carbonyl (C=O) groups is 1. The number of nitrogen functional groups attached to an aromatic ring is 1. The number of benzene rings is 1. The topological polar surface area (TPSA) is 58.4 Å². The summed E-state index contributed by atoms with van der Waals surface area (Å²) in [5.41, 5.74) is 4.01. The Kier molecular flexibility index (Phi) is 4.93. The van der Waals surface area contributed by atoms with Crippen molar-refractivity contribution in [2.45, 2.75) is 32.7 Å². The molecule has 1 saturated carbocycles. The number of nitrogens with two attached hydrogens (primary N) is 1. The van der Waals surface area contributed by atoms with Crippen molar-refractivity contribution in [1.82, 2.24) is 10.3 Å². The van der Waals surface area contributed by atoms with Gasteiger partial charge in [0.05, 0.1) is 0 Å². The van der Waals surface area contributed by atoms with Crippen molar-refractivity contribution in [2.24, 2.45) is 11.8 Å². The third-order valence-corrected chi connectivity index (χ3v) is 3.51. The smallest absolute Gasteiger partial charge is 0.265 e. The van der Waals surface area contributed by atoms with Gasteiger partial charge in [-0.25, -0.2) is 5.84 Å². The predicted octanol–water partition coefficient (Wildman–Crippen LogP) is 1.91. The lowest BCUT2D eigenvalue weighted by molar-refractivity contribution is 0.0953. The van der Waals surface area contributed by atoms with Crippen LogP contribution in [0.3, 0.4) is 0 Å². The molecule has 1 aromatic carbocycles. The Labute approximate surface area is 114 Å². The van der Waals surface area contributed by atoms with E-state index in [-0.39, 0.29) is 5.91 Å². The number of nitrogens with zero attached hydrogens (tertiary/aromatic N) is 1. The van der Waals surface area contributed by atoms with E-state index in [1.165, 1.54) is 31.4 Å². The Bertz CT molecular complexity index is 412. The molecule has 104 valence electrons. The lowest BCUT2D eigenvalue weighted by atomic mass is 10.1. The highest BCUT2D eigenvalue weighted by Gasteiger charge is 2.23. The van der Waals surface area contributed by atoms with Crippen molar-refractivity contribution >= 4 is 5.91 Å². The van der Waals surface area contributed by atoms with Crippen LogP contribution in [0.5, 0.6) is 0 Å². The maximum atomic E-state index is 11.4.